The van der Waals surface area contributed by atoms with Crippen molar-refractivity contribution in [3.63, 3.8) is 0 Å². The number of anilines is 1. The summed E-state index contributed by atoms with van der Waals surface area (Å²) in [7, 11) is 0. The van der Waals surface area contributed by atoms with E-state index in [1.807, 2.05) is 30.3 Å². The van der Waals surface area contributed by atoms with E-state index in [4.69, 9.17) is 16.0 Å². The predicted molar refractivity (Wildman–Crippen MR) is 94.4 cm³/mol. The second-order valence-electron chi connectivity index (χ2n) is 5.16. The summed E-state index contributed by atoms with van der Waals surface area (Å²) in [5.41, 5.74) is 5.17. The van der Waals surface area contributed by atoms with Crippen molar-refractivity contribution >= 4 is 23.0 Å². The topological polar surface area (TPSA) is 72.4 Å². The molecule has 0 unspecified atom stereocenters. The third kappa shape index (κ3) is 3.91. The molecule has 2 aromatic carbocycles. The molecule has 0 radical (unpaired) electrons. The Hall–Kier alpha value is -2.86. The van der Waals surface area contributed by atoms with E-state index in [2.05, 4.69) is 15.6 Å². The van der Waals surface area contributed by atoms with Gasteiger partial charge in [-0.25, -0.2) is 4.79 Å². The maximum absolute atomic E-state index is 11.9. The molecule has 0 spiro atoms. The van der Waals surface area contributed by atoms with E-state index in [-0.39, 0.29) is 12.4 Å². The zero-order chi connectivity index (χ0) is 16.9. The molecular formula is C17H15ClN4O2. The summed E-state index contributed by atoms with van der Waals surface area (Å²) in [4.78, 5) is 11.9. The summed E-state index contributed by atoms with van der Waals surface area (Å²) in [6.07, 6.45) is 0. The highest BCUT2D eigenvalue weighted by Crippen LogP contribution is 2.18. The molecule has 0 aliphatic rings. The number of rotatable bonds is 5. The third-order valence-electron chi connectivity index (χ3n) is 3.23. The molecule has 122 valence electrons. The van der Waals surface area contributed by atoms with E-state index in [9.17, 15) is 4.79 Å². The number of benzene rings is 2. The standard InChI is InChI=1S/C17H15ClN4O2/c1-12(19-20-15-5-3-2-4-6-15)11-22-17(23)24-16(21-22)13-7-9-14(18)10-8-13/h2-10,20H,11H2,1H3/b19-12-. The van der Waals surface area contributed by atoms with E-state index in [0.29, 0.717) is 16.3 Å². The Morgan fingerprint density at radius 3 is 2.62 bits per heavy atom. The fraction of sp³-hybridized carbons (Fsp3) is 0.118. The first-order chi connectivity index (χ1) is 11.6. The molecule has 1 N–H and O–H groups in total. The van der Waals surface area contributed by atoms with Crippen LogP contribution in [0.2, 0.25) is 5.02 Å². The third-order valence-corrected chi connectivity index (χ3v) is 3.48. The summed E-state index contributed by atoms with van der Waals surface area (Å²) in [5, 5.41) is 9.03. The maximum Gasteiger partial charge on any atom is 0.437 e. The Morgan fingerprint density at radius 2 is 1.92 bits per heavy atom. The average molecular weight is 343 g/mol. The van der Waals surface area contributed by atoms with Crippen LogP contribution in [0, 0.1) is 0 Å². The van der Waals surface area contributed by atoms with Crippen molar-refractivity contribution in [1.29, 1.82) is 0 Å². The highest BCUT2D eigenvalue weighted by atomic mass is 35.5. The van der Waals surface area contributed by atoms with Gasteiger partial charge < -0.3 is 4.42 Å². The van der Waals surface area contributed by atoms with Crippen LogP contribution in [-0.2, 0) is 6.54 Å². The molecule has 3 aromatic rings. The second-order valence-corrected chi connectivity index (χ2v) is 5.60. The van der Waals surface area contributed by atoms with Gasteiger partial charge in [0.05, 0.1) is 17.9 Å². The lowest BCUT2D eigenvalue weighted by molar-refractivity contribution is 0.500. The maximum atomic E-state index is 11.9. The fourth-order valence-corrected chi connectivity index (χ4v) is 2.17. The van der Waals surface area contributed by atoms with Crippen molar-refractivity contribution in [1.82, 2.24) is 9.78 Å². The largest absolute Gasteiger partial charge is 0.437 e. The van der Waals surface area contributed by atoms with Gasteiger partial charge in [0.1, 0.15) is 0 Å². The van der Waals surface area contributed by atoms with E-state index in [1.54, 1.807) is 31.2 Å². The Bertz CT molecular complexity index is 898. The van der Waals surface area contributed by atoms with Gasteiger partial charge in [-0.2, -0.15) is 9.78 Å². The van der Waals surface area contributed by atoms with Crippen LogP contribution in [0.1, 0.15) is 6.92 Å². The molecule has 6 nitrogen and oxygen atoms in total. The highest BCUT2D eigenvalue weighted by molar-refractivity contribution is 6.30. The lowest BCUT2D eigenvalue weighted by atomic mass is 10.2. The number of nitrogens with one attached hydrogen (secondary N) is 1. The van der Waals surface area contributed by atoms with Crippen molar-refractivity contribution in [3.8, 4) is 11.5 Å². The minimum Gasteiger partial charge on any atom is -0.388 e. The second kappa shape index (κ2) is 7.14. The van der Waals surface area contributed by atoms with Crippen molar-refractivity contribution in [3.05, 3.63) is 70.2 Å². The van der Waals surface area contributed by atoms with Crippen molar-refractivity contribution in [2.75, 3.05) is 5.43 Å². The predicted octanol–water partition coefficient (Wildman–Crippen LogP) is 3.64. The smallest absolute Gasteiger partial charge is 0.388 e. The van der Waals surface area contributed by atoms with Gasteiger partial charge in [0.2, 0.25) is 5.89 Å². The molecule has 24 heavy (non-hydrogen) atoms. The van der Waals surface area contributed by atoms with Crippen molar-refractivity contribution in [2.45, 2.75) is 13.5 Å². The van der Waals surface area contributed by atoms with Gasteiger partial charge in [-0.3, -0.25) is 5.43 Å². The summed E-state index contributed by atoms with van der Waals surface area (Å²) < 4.78 is 6.41. The number of hydrazone groups is 1. The molecule has 0 amide bonds. The van der Waals surface area contributed by atoms with E-state index < -0.39 is 5.76 Å². The van der Waals surface area contributed by atoms with E-state index in [0.717, 1.165) is 5.69 Å². The lowest BCUT2D eigenvalue weighted by Gasteiger charge is -2.02. The monoisotopic (exact) mass is 342 g/mol. The molecule has 3 rings (SSSR count). The van der Waals surface area contributed by atoms with Gasteiger partial charge >= 0.3 is 5.76 Å². The van der Waals surface area contributed by atoms with Gasteiger partial charge in [-0.1, -0.05) is 29.8 Å². The average Bonchev–Trinajstić information content (AvgIpc) is 2.95. The molecule has 0 fully saturated rings. The van der Waals surface area contributed by atoms with Crippen molar-refractivity contribution < 1.29 is 4.42 Å². The normalized spacial score (nSPS) is 11.5. The Morgan fingerprint density at radius 1 is 1.21 bits per heavy atom. The first-order valence-corrected chi connectivity index (χ1v) is 7.68. The van der Waals surface area contributed by atoms with Crippen LogP contribution in [0.15, 0.2) is 68.9 Å². The number of para-hydroxylation sites is 1. The molecule has 7 heteroatoms. The van der Waals surface area contributed by atoms with Gasteiger partial charge in [-0.15, -0.1) is 5.10 Å². The van der Waals surface area contributed by atoms with Crippen LogP contribution in [0.3, 0.4) is 0 Å². The molecule has 0 aliphatic heterocycles. The number of halogens is 1. The summed E-state index contributed by atoms with van der Waals surface area (Å²) >= 11 is 5.85. The molecule has 0 saturated heterocycles. The summed E-state index contributed by atoms with van der Waals surface area (Å²) in [5.74, 6) is -0.283. The fourth-order valence-electron chi connectivity index (χ4n) is 2.04. The number of nitrogens with zero attached hydrogens (tertiary/aromatic N) is 3. The van der Waals surface area contributed by atoms with Crippen LogP contribution < -0.4 is 11.2 Å². The SMILES string of the molecule is C/C(Cn1nc(-c2ccc(Cl)cc2)oc1=O)=N/Nc1ccccc1. The molecule has 0 bridgehead atoms. The summed E-state index contributed by atoms with van der Waals surface area (Å²) in [6, 6.07) is 16.5. The zero-order valence-corrected chi connectivity index (χ0v) is 13.7. The molecule has 0 saturated carbocycles. The Kier molecular flexibility index (Phi) is 4.77. The minimum absolute atomic E-state index is 0.232. The van der Waals surface area contributed by atoms with Crippen molar-refractivity contribution in [2.24, 2.45) is 5.10 Å². The number of hydrogen-bond acceptors (Lipinski definition) is 5. The first kappa shape index (κ1) is 16.0. The molecular weight excluding hydrogens is 328 g/mol. The van der Waals surface area contributed by atoms with Gasteiger partial charge in [0.15, 0.2) is 0 Å². The minimum atomic E-state index is -0.533. The van der Waals surface area contributed by atoms with Crippen LogP contribution in [0.5, 0.6) is 0 Å². The Balaban J connectivity index is 1.73. The first-order valence-electron chi connectivity index (χ1n) is 7.30. The molecule has 1 aromatic heterocycles. The molecule has 0 atom stereocenters. The van der Waals surface area contributed by atoms with Crippen LogP contribution in [0.25, 0.3) is 11.5 Å². The van der Waals surface area contributed by atoms with Crippen LogP contribution in [0.4, 0.5) is 5.69 Å². The number of hydrogen-bond donors (Lipinski definition) is 1. The Labute approximate surface area is 143 Å². The molecule has 1 heterocycles. The number of aromatic nitrogens is 2. The summed E-state index contributed by atoms with van der Waals surface area (Å²) in [6.45, 7) is 2.04. The van der Waals surface area contributed by atoms with E-state index in [1.165, 1.54) is 4.68 Å². The quantitative estimate of drug-likeness (QED) is 0.567. The van der Waals surface area contributed by atoms with Gasteiger partial charge in [-0.05, 0) is 43.3 Å². The highest BCUT2D eigenvalue weighted by Gasteiger charge is 2.11. The van der Waals surface area contributed by atoms with Crippen LogP contribution in [-0.4, -0.2) is 15.5 Å². The molecule has 0 aliphatic carbocycles. The lowest BCUT2D eigenvalue weighted by Crippen LogP contribution is -2.20. The van der Waals surface area contributed by atoms with E-state index >= 15 is 0 Å². The van der Waals surface area contributed by atoms with Gasteiger partial charge in [0.25, 0.3) is 0 Å². The zero-order valence-electron chi connectivity index (χ0n) is 12.9. The van der Waals surface area contributed by atoms with Crippen LogP contribution >= 0.6 is 11.6 Å². The van der Waals surface area contributed by atoms with Gasteiger partial charge in [0, 0.05) is 10.6 Å².